The van der Waals surface area contributed by atoms with Gasteiger partial charge in [0, 0.05) is 12.5 Å². The van der Waals surface area contributed by atoms with Crippen molar-refractivity contribution >= 4 is 19.5 Å². The van der Waals surface area contributed by atoms with E-state index in [1.807, 2.05) is 66.7 Å². The fraction of sp³-hybridized carbons (Fsp3) is 0.188. The molecule has 0 bridgehead atoms. The summed E-state index contributed by atoms with van der Waals surface area (Å²) in [5, 5.41) is 11.7. The van der Waals surface area contributed by atoms with E-state index in [9.17, 15) is 14.2 Å². The highest BCUT2D eigenvalue weighted by atomic mass is 31.2. The van der Waals surface area contributed by atoms with Gasteiger partial charge in [0.15, 0.2) is 0 Å². The van der Waals surface area contributed by atoms with E-state index in [0.717, 1.165) is 16.7 Å². The first kappa shape index (κ1) is 28.7. The van der Waals surface area contributed by atoms with Crippen LogP contribution < -0.4 is 14.4 Å². The van der Waals surface area contributed by atoms with E-state index in [-0.39, 0.29) is 31.5 Å². The summed E-state index contributed by atoms with van der Waals surface area (Å²) in [7, 11) is -3.73. The van der Waals surface area contributed by atoms with Gasteiger partial charge in [0.05, 0.1) is 12.6 Å². The molecule has 0 radical (unpaired) electrons. The van der Waals surface area contributed by atoms with Crippen molar-refractivity contribution in [1.29, 1.82) is 0 Å². The highest BCUT2D eigenvalue weighted by molar-refractivity contribution is 7.54. The molecule has 0 aliphatic heterocycles. The van der Waals surface area contributed by atoms with Crippen molar-refractivity contribution in [2.24, 2.45) is 5.92 Å². The average molecular weight is 558 g/mol. The standard InChI is InChI=1S/C32H32NO6P/c34-31(35)20-22-33-32(36)28(24-25-16-18-27(19-17-25)26-10-4-1-5-11-26)21-23-40(37,38-29-12-6-2-7-13-29)39-30-14-8-3-9-15-30/h1-19,28H,20-24H2,(H,33,36)(H,34,35). The summed E-state index contributed by atoms with van der Waals surface area (Å²) in [6, 6.07) is 35.5. The number of carboxylic acids is 1. The minimum Gasteiger partial charge on any atom is -0.481 e. The molecule has 0 aromatic heterocycles. The largest absolute Gasteiger partial charge is 0.481 e. The summed E-state index contributed by atoms with van der Waals surface area (Å²) in [4.78, 5) is 24.1. The van der Waals surface area contributed by atoms with Crippen molar-refractivity contribution in [2.75, 3.05) is 12.7 Å². The van der Waals surface area contributed by atoms with Crippen LogP contribution in [0.25, 0.3) is 11.1 Å². The minimum atomic E-state index is -3.73. The zero-order chi connectivity index (χ0) is 28.2. The van der Waals surface area contributed by atoms with Gasteiger partial charge in [-0.1, -0.05) is 91.0 Å². The van der Waals surface area contributed by atoms with E-state index in [0.29, 0.717) is 17.9 Å². The van der Waals surface area contributed by atoms with Crippen LogP contribution in [-0.2, 0) is 20.6 Å². The molecule has 0 saturated heterocycles. The quantitative estimate of drug-likeness (QED) is 0.165. The van der Waals surface area contributed by atoms with Crippen LogP contribution in [0.2, 0.25) is 0 Å². The van der Waals surface area contributed by atoms with Crippen LogP contribution in [0.5, 0.6) is 11.5 Å². The Bertz CT molecular complexity index is 1370. The summed E-state index contributed by atoms with van der Waals surface area (Å²) in [6.07, 6.45) is 0.383. The van der Waals surface area contributed by atoms with Crippen molar-refractivity contribution in [3.8, 4) is 22.6 Å². The third-order valence-electron chi connectivity index (χ3n) is 6.28. The Morgan fingerprint density at radius 3 is 1.75 bits per heavy atom. The first-order valence-corrected chi connectivity index (χ1v) is 14.9. The number of carboxylic acid groups (broad SMARTS) is 1. The predicted molar refractivity (Wildman–Crippen MR) is 156 cm³/mol. The van der Waals surface area contributed by atoms with Gasteiger partial charge in [-0.3, -0.25) is 9.59 Å². The van der Waals surface area contributed by atoms with E-state index in [2.05, 4.69) is 5.32 Å². The molecule has 4 rings (SSSR count). The minimum absolute atomic E-state index is 0.0102. The smallest absolute Gasteiger partial charge is 0.430 e. The Balaban J connectivity index is 1.52. The fourth-order valence-corrected chi connectivity index (χ4v) is 5.95. The van der Waals surface area contributed by atoms with Crippen LogP contribution in [0.3, 0.4) is 0 Å². The maximum atomic E-state index is 14.0. The summed E-state index contributed by atoms with van der Waals surface area (Å²) < 4.78 is 25.8. The van der Waals surface area contributed by atoms with E-state index < -0.39 is 19.5 Å². The van der Waals surface area contributed by atoms with Gasteiger partial charge in [0.1, 0.15) is 11.5 Å². The number of carbonyl (C=O) groups excluding carboxylic acids is 1. The molecule has 1 unspecified atom stereocenters. The number of aliphatic carboxylic acids is 1. The van der Waals surface area contributed by atoms with E-state index in [4.69, 9.17) is 14.2 Å². The van der Waals surface area contributed by atoms with Gasteiger partial charge in [-0.25, -0.2) is 4.57 Å². The molecule has 1 amide bonds. The van der Waals surface area contributed by atoms with Crippen LogP contribution in [-0.4, -0.2) is 29.7 Å². The fourth-order valence-electron chi connectivity index (χ4n) is 4.22. The lowest BCUT2D eigenvalue weighted by Gasteiger charge is -2.23. The Morgan fingerprint density at radius 2 is 1.23 bits per heavy atom. The van der Waals surface area contributed by atoms with E-state index in [1.165, 1.54) is 0 Å². The Morgan fingerprint density at radius 1 is 0.725 bits per heavy atom. The molecule has 7 nitrogen and oxygen atoms in total. The van der Waals surface area contributed by atoms with Crippen LogP contribution in [0, 0.1) is 5.92 Å². The Kier molecular flexibility index (Phi) is 10.1. The zero-order valence-corrected chi connectivity index (χ0v) is 22.9. The number of carbonyl (C=O) groups is 2. The van der Waals surface area contributed by atoms with Crippen molar-refractivity contribution in [3.63, 3.8) is 0 Å². The van der Waals surface area contributed by atoms with Gasteiger partial charge in [-0.15, -0.1) is 0 Å². The van der Waals surface area contributed by atoms with E-state index >= 15 is 0 Å². The van der Waals surface area contributed by atoms with Crippen LogP contribution in [0.15, 0.2) is 115 Å². The lowest BCUT2D eigenvalue weighted by Crippen LogP contribution is -2.34. The number of hydrogen-bond donors (Lipinski definition) is 2. The van der Waals surface area contributed by atoms with Crippen LogP contribution in [0.1, 0.15) is 18.4 Å². The van der Waals surface area contributed by atoms with Crippen molar-refractivity contribution in [3.05, 3.63) is 121 Å². The Hall–Kier alpha value is -4.35. The third-order valence-corrected chi connectivity index (χ3v) is 8.06. The van der Waals surface area contributed by atoms with Crippen LogP contribution in [0.4, 0.5) is 0 Å². The second kappa shape index (κ2) is 14.2. The average Bonchev–Trinajstić information content (AvgIpc) is 2.97. The summed E-state index contributed by atoms with van der Waals surface area (Å²) >= 11 is 0. The summed E-state index contributed by atoms with van der Waals surface area (Å²) in [5.74, 6) is -1.07. The monoisotopic (exact) mass is 557 g/mol. The topological polar surface area (TPSA) is 102 Å². The molecule has 4 aromatic carbocycles. The van der Waals surface area contributed by atoms with Gasteiger partial charge in [0.2, 0.25) is 5.91 Å². The van der Waals surface area contributed by atoms with Crippen molar-refractivity contribution < 1.29 is 28.3 Å². The third kappa shape index (κ3) is 8.85. The number of nitrogens with one attached hydrogen (secondary N) is 1. The molecule has 40 heavy (non-hydrogen) atoms. The molecule has 1 atom stereocenters. The molecule has 0 aliphatic carbocycles. The molecule has 206 valence electrons. The predicted octanol–water partition coefficient (Wildman–Crippen LogP) is 6.84. The molecule has 8 heteroatoms. The molecular formula is C32H32NO6P. The molecule has 0 saturated carbocycles. The van der Waals surface area contributed by atoms with Gasteiger partial charge in [-0.05, 0) is 53.8 Å². The maximum Gasteiger partial charge on any atom is 0.430 e. The van der Waals surface area contributed by atoms with Gasteiger partial charge in [-0.2, -0.15) is 0 Å². The van der Waals surface area contributed by atoms with Gasteiger partial charge < -0.3 is 19.5 Å². The van der Waals surface area contributed by atoms with Crippen molar-refractivity contribution in [2.45, 2.75) is 19.3 Å². The molecule has 0 spiro atoms. The van der Waals surface area contributed by atoms with Gasteiger partial charge >= 0.3 is 13.6 Å². The van der Waals surface area contributed by atoms with Gasteiger partial charge in [0.25, 0.3) is 0 Å². The van der Waals surface area contributed by atoms with E-state index in [1.54, 1.807) is 48.5 Å². The zero-order valence-electron chi connectivity index (χ0n) is 22.0. The maximum absolute atomic E-state index is 14.0. The lowest BCUT2D eigenvalue weighted by atomic mass is 9.94. The molecule has 0 fully saturated rings. The highest BCUT2D eigenvalue weighted by Crippen LogP contribution is 2.49. The number of amides is 1. The highest BCUT2D eigenvalue weighted by Gasteiger charge is 2.31. The molecule has 4 aromatic rings. The molecule has 0 aliphatic rings. The number of hydrogen-bond acceptors (Lipinski definition) is 5. The molecule has 0 heterocycles. The summed E-state index contributed by atoms with van der Waals surface area (Å²) in [5.41, 5.74) is 3.08. The molecule has 2 N–H and O–H groups in total. The second-order valence-corrected chi connectivity index (χ2v) is 11.4. The SMILES string of the molecule is O=C(O)CCNC(=O)C(CCP(=O)(Oc1ccccc1)Oc1ccccc1)Cc1ccc(-c2ccccc2)cc1. The number of para-hydroxylation sites is 2. The molecular weight excluding hydrogens is 525 g/mol. The normalized spacial score (nSPS) is 11.8. The Labute approximate surface area is 234 Å². The lowest BCUT2D eigenvalue weighted by molar-refractivity contribution is -0.137. The first-order chi connectivity index (χ1) is 19.4. The number of benzene rings is 4. The van der Waals surface area contributed by atoms with Crippen LogP contribution >= 0.6 is 7.60 Å². The van der Waals surface area contributed by atoms with Crippen molar-refractivity contribution in [1.82, 2.24) is 5.32 Å². The number of rotatable bonds is 14. The second-order valence-electron chi connectivity index (χ2n) is 9.33. The first-order valence-electron chi connectivity index (χ1n) is 13.1. The summed E-state index contributed by atoms with van der Waals surface area (Å²) in [6.45, 7) is 0.0102.